The van der Waals surface area contributed by atoms with Crippen molar-refractivity contribution in [1.29, 1.82) is 0 Å². The molecule has 1 fully saturated rings. The monoisotopic (exact) mass is 248 g/mol. The quantitative estimate of drug-likeness (QED) is 0.856. The molecule has 1 aliphatic heterocycles. The van der Waals surface area contributed by atoms with Gasteiger partial charge in [-0.2, -0.15) is 0 Å². The van der Waals surface area contributed by atoms with E-state index in [-0.39, 0.29) is 5.91 Å². The Bertz CT molecular complexity index is 426. The molecule has 0 radical (unpaired) electrons. The molecule has 1 aliphatic rings. The lowest BCUT2D eigenvalue weighted by atomic mass is 10.0. The minimum absolute atomic E-state index is 0.0610. The van der Waals surface area contributed by atoms with Crippen LogP contribution in [0.15, 0.2) is 18.2 Å². The number of methoxy groups -OCH3 is 1. The van der Waals surface area contributed by atoms with Gasteiger partial charge in [-0.15, -0.1) is 0 Å². The van der Waals surface area contributed by atoms with Crippen molar-refractivity contribution in [2.45, 2.75) is 19.8 Å². The summed E-state index contributed by atoms with van der Waals surface area (Å²) in [4.78, 5) is 11.9. The van der Waals surface area contributed by atoms with E-state index in [0.717, 1.165) is 30.8 Å². The van der Waals surface area contributed by atoms with E-state index < -0.39 is 0 Å². The van der Waals surface area contributed by atoms with Crippen LogP contribution in [0.5, 0.6) is 5.75 Å². The summed E-state index contributed by atoms with van der Waals surface area (Å²) < 4.78 is 5.27. The fourth-order valence-electron chi connectivity index (χ4n) is 2.25. The van der Waals surface area contributed by atoms with Crippen molar-refractivity contribution in [3.8, 4) is 5.75 Å². The number of hydrogen-bond acceptors (Lipinski definition) is 3. The van der Waals surface area contributed by atoms with Crippen LogP contribution in [0.2, 0.25) is 0 Å². The molecule has 1 atom stereocenters. The molecule has 2 rings (SSSR count). The van der Waals surface area contributed by atoms with Gasteiger partial charge in [0.25, 0.3) is 0 Å². The van der Waals surface area contributed by atoms with Crippen LogP contribution in [0, 0.1) is 12.8 Å². The summed E-state index contributed by atoms with van der Waals surface area (Å²) >= 11 is 0. The second kappa shape index (κ2) is 5.87. The molecule has 1 amide bonds. The molecular weight excluding hydrogens is 228 g/mol. The summed E-state index contributed by atoms with van der Waals surface area (Å²) in [5.74, 6) is 1.24. The lowest BCUT2D eigenvalue weighted by Gasteiger charge is -2.12. The highest BCUT2D eigenvalue weighted by molar-refractivity contribution is 5.92. The van der Waals surface area contributed by atoms with Gasteiger partial charge >= 0.3 is 0 Å². The number of ether oxygens (including phenoxy) is 1. The van der Waals surface area contributed by atoms with Crippen molar-refractivity contribution < 1.29 is 9.53 Å². The average molecular weight is 248 g/mol. The van der Waals surface area contributed by atoms with Gasteiger partial charge in [0, 0.05) is 6.42 Å². The Morgan fingerprint density at radius 1 is 1.56 bits per heavy atom. The Hall–Kier alpha value is -1.55. The van der Waals surface area contributed by atoms with Crippen LogP contribution in [0.1, 0.15) is 18.4 Å². The topological polar surface area (TPSA) is 50.4 Å². The van der Waals surface area contributed by atoms with E-state index in [1.165, 1.54) is 0 Å². The summed E-state index contributed by atoms with van der Waals surface area (Å²) in [5.41, 5.74) is 1.86. The molecule has 0 spiro atoms. The summed E-state index contributed by atoms with van der Waals surface area (Å²) in [6.45, 7) is 3.96. The number of anilines is 1. The highest BCUT2D eigenvalue weighted by Crippen LogP contribution is 2.25. The molecule has 18 heavy (non-hydrogen) atoms. The minimum atomic E-state index is 0.0610. The van der Waals surface area contributed by atoms with Crippen LogP contribution in [0.4, 0.5) is 5.69 Å². The van der Waals surface area contributed by atoms with Crippen molar-refractivity contribution in [1.82, 2.24) is 5.32 Å². The van der Waals surface area contributed by atoms with E-state index in [4.69, 9.17) is 4.74 Å². The molecule has 1 aromatic carbocycles. The molecule has 1 aromatic rings. The Kier molecular flexibility index (Phi) is 4.20. The van der Waals surface area contributed by atoms with E-state index in [2.05, 4.69) is 10.6 Å². The lowest BCUT2D eigenvalue weighted by Crippen LogP contribution is -2.18. The van der Waals surface area contributed by atoms with Crippen molar-refractivity contribution in [2.75, 3.05) is 25.5 Å². The van der Waals surface area contributed by atoms with E-state index in [9.17, 15) is 4.79 Å². The molecule has 0 bridgehead atoms. The van der Waals surface area contributed by atoms with Crippen molar-refractivity contribution in [3.05, 3.63) is 23.8 Å². The molecule has 4 nitrogen and oxygen atoms in total. The Morgan fingerprint density at radius 2 is 2.39 bits per heavy atom. The standard InChI is InChI=1S/C14H20N2O2/c1-10-3-4-12(13(7-10)18-2)16-14(17)8-11-5-6-15-9-11/h3-4,7,11,15H,5-6,8-9H2,1-2H3,(H,16,17). The second-order valence-electron chi connectivity index (χ2n) is 4.81. The summed E-state index contributed by atoms with van der Waals surface area (Å²) in [6.07, 6.45) is 1.66. The third-order valence-electron chi connectivity index (χ3n) is 3.27. The zero-order chi connectivity index (χ0) is 13.0. The average Bonchev–Trinajstić information content (AvgIpc) is 2.84. The Labute approximate surface area is 108 Å². The van der Waals surface area contributed by atoms with Gasteiger partial charge in [-0.25, -0.2) is 0 Å². The molecule has 1 unspecified atom stereocenters. The van der Waals surface area contributed by atoms with Crippen LogP contribution >= 0.6 is 0 Å². The normalized spacial score (nSPS) is 18.7. The van der Waals surface area contributed by atoms with Crippen molar-refractivity contribution >= 4 is 11.6 Å². The lowest BCUT2D eigenvalue weighted by molar-refractivity contribution is -0.117. The number of benzene rings is 1. The fourth-order valence-corrected chi connectivity index (χ4v) is 2.25. The van der Waals surface area contributed by atoms with Crippen LogP contribution in [0.25, 0.3) is 0 Å². The van der Waals surface area contributed by atoms with Gasteiger partial charge in [-0.05, 0) is 50.0 Å². The highest BCUT2D eigenvalue weighted by atomic mass is 16.5. The number of rotatable bonds is 4. The first kappa shape index (κ1) is 12.9. The SMILES string of the molecule is COc1cc(C)ccc1NC(=O)CC1CCNC1. The molecule has 98 valence electrons. The molecule has 4 heteroatoms. The molecule has 1 saturated heterocycles. The molecule has 0 saturated carbocycles. The second-order valence-corrected chi connectivity index (χ2v) is 4.81. The predicted octanol–water partition coefficient (Wildman–Crippen LogP) is 1.94. The van der Waals surface area contributed by atoms with Crippen LogP contribution < -0.4 is 15.4 Å². The number of carbonyl (C=O) groups is 1. The Morgan fingerprint density at radius 3 is 3.06 bits per heavy atom. The third-order valence-corrected chi connectivity index (χ3v) is 3.27. The maximum atomic E-state index is 11.9. The first-order valence-corrected chi connectivity index (χ1v) is 6.34. The number of amides is 1. The van der Waals surface area contributed by atoms with Gasteiger partial charge in [0.15, 0.2) is 0 Å². The predicted molar refractivity (Wildman–Crippen MR) is 72.0 cm³/mol. The maximum Gasteiger partial charge on any atom is 0.224 e. The van der Waals surface area contributed by atoms with Crippen molar-refractivity contribution in [2.24, 2.45) is 5.92 Å². The van der Waals surface area contributed by atoms with Gasteiger partial charge in [-0.1, -0.05) is 6.07 Å². The summed E-state index contributed by atoms with van der Waals surface area (Å²) in [5, 5.41) is 6.19. The molecular formula is C14H20N2O2. The van der Waals surface area contributed by atoms with E-state index in [1.807, 2.05) is 25.1 Å². The van der Waals surface area contributed by atoms with Crippen molar-refractivity contribution in [3.63, 3.8) is 0 Å². The largest absolute Gasteiger partial charge is 0.495 e. The number of hydrogen-bond donors (Lipinski definition) is 2. The molecule has 2 N–H and O–H groups in total. The molecule has 0 aliphatic carbocycles. The van der Waals surface area contributed by atoms with Crippen LogP contribution in [0.3, 0.4) is 0 Å². The zero-order valence-corrected chi connectivity index (χ0v) is 11.0. The molecule has 0 aromatic heterocycles. The smallest absolute Gasteiger partial charge is 0.224 e. The van der Waals surface area contributed by atoms with E-state index in [0.29, 0.717) is 18.1 Å². The number of carbonyl (C=O) groups excluding carboxylic acids is 1. The van der Waals surface area contributed by atoms with Gasteiger partial charge in [-0.3, -0.25) is 4.79 Å². The first-order chi connectivity index (χ1) is 8.69. The number of nitrogens with one attached hydrogen (secondary N) is 2. The van der Waals surface area contributed by atoms with Gasteiger partial charge in [0.05, 0.1) is 12.8 Å². The Balaban J connectivity index is 1.97. The van der Waals surface area contributed by atoms with Crippen LogP contribution in [-0.4, -0.2) is 26.1 Å². The van der Waals surface area contributed by atoms with Crippen LogP contribution in [-0.2, 0) is 4.79 Å². The zero-order valence-electron chi connectivity index (χ0n) is 11.0. The van der Waals surface area contributed by atoms with Gasteiger partial charge in [0.2, 0.25) is 5.91 Å². The maximum absolute atomic E-state index is 11.9. The summed E-state index contributed by atoms with van der Waals surface area (Å²) in [6, 6.07) is 5.78. The summed E-state index contributed by atoms with van der Waals surface area (Å²) in [7, 11) is 1.62. The minimum Gasteiger partial charge on any atom is -0.495 e. The van der Waals surface area contributed by atoms with Gasteiger partial charge in [0.1, 0.15) is 5.75 Å². The molecule has 1 heterocycles. The first-order valence-electron chi connectivity index (χ1n) is 6.34. The number of aryl methyl sites for hydroxylation is 1. The van der Waals surface area contributed by atoms with E-state index in [1.54, 1.807) is 7.11 Å². The van der Waals surface area contributed by atoms with E-state index >= 15 is 0 Å². The van der Waals surface area contributed by atoms with Gasteiger partial charge < -0.3 is 15.4 Å². The highest BCUT2D eigenvalue weighted by Gasteiger charge is 2.18. The fraction of sp³-hybridized carbons (Fsp3) is 0.500. The third kappa shape index (κ3) is 3.23.